The van der Waals surface area contributed by atoms with Crippen LogP contribution in [0.25, 0.3) is 0 Å². The van der Waals surface area contributed by atoms with E-state index in [9.17, 15) is 8.76 Å². The van der Waals surface area contributed by atoms with Gasteiger partial charge in [-0.1, -0.05) is 12.2 Å². The van der Waals surface area contributed by atoms with Crippen molar-refractivity contribution >= 4 is 11.3 Å². The van der Waals surface area contributed by atoms with Gasteiger partial charge in [0.25, 0.3) is 0 Å². The van der Waals surface area contributed by atoms with E-state index >= 15 is 0 Å². The van der Waals surface area contributed by atoms with Crippen LogP contribution in [0.4, 0.5) is 0 Å². The van der Waals surface area contributed by atoms with Gasteiger partial charge in [0.05, 0.1) is 0 Å². The molecule has 0 aromatic heterocycles. The second-order valence-corrected chi connectivity index (χ2v) is 3.15. The maximum atomic E-state index is 10.4. The summed E-state index contributed by atoms with van der Waals surface area (Å²) in [5, 5.41) is 0. The van der Waals surface area contributed by atoms with Gasteiger partial charge < -0.3 is 4.55 Å². The lowest BCUT2D eigenvalue weighted by Gasteiger charge is -2.21. The van der Waals surface area contributed by atoms with Crippen LogP contribution in [-0.4, -0.2) is 26.2 Å². The van der Waals surface area contributed by atoms with E-state index in [4.69, 9.17) is 0 Å². The number of hydrogen-bond acceptors (Lipinski definition) is 2. The standard InChI is InChI=1S/C6H11NO2S/c8-10(9)7-5-3-1-2-4-6-7/h1-2H,3-6H2,(H,8,9)/p-1. The Labute approximate surface area is 63.1 Å². The first-order valence-corrected chi connectivity index (χ1v) is 4.33. The van der Waals surface area contributed by atoms with E-state index in [1.165, 1.54) is 4.31 Å². The van der Waals surface area contributed by atoms with Gasteiger partial charge in [0.15, 0.2) is 0 Å². The molecule has 0 radical (unpaired) electrons. The zero-order valence-electron chi connectivity index (χ0n) is 5.66. The Kier molecular flexibility index (Phi) is 3.05. The molecule has 1 unspecified atom stereocenters. The van der Waals surface area contributed by atoms with Gasteiger partial charge in [-0.15, -0.1) is 0 Å². The van der Waals surface area contributed by atoms with Gasteiger partial charge in [-0.2, -0.15) is 0 Å². The zero-order valence-corrected chi connectivity index (χ0v) is 6.47. The Balaban J connectivity index is 2.41. The van der Waals surface area contributed by atoms with Gasteiger partial charge in [-0.05, 0) is 12.8 Å². The van der Waals surface area contributed by atoms with Crippen LogP contribution in [0.15, 0.2) is 12.2 Å². The van der Waals surface area contributed by atoms with Crippen LogP contribution >= 0.6 is 0 Å². The van der Waals surface area contributed by atoms with Crippen LogP contribution in [0.5, 0.6) is 0 Å². The normalized spacial score (nSPS) is 24.1. The van der Waals surface area contributed by atoms with E-state index < -0.39 is 11.3 Å². The molecule has 1 heterocycles. The summed E-state index contributed by atoms with van der Waals surface area (Å²) in [5.74, 6) is 0. The van der Waals surface area contributed by atoms with Crippen molar-refractivity contribution in [2.24, 2.45) is 0 Å². The number of hydrogen-bond donors (Lipinski definition) is 0. The highest BCUT2D eigenvalue weighted by Crippen LogP contribution is 2.03. The Morgan fingerprint density at radius 1 is 1.30 bits per heavy atom. The van der Waals surface area contributed by atoms with Crippen molar-refractivity contribution < 1.29 is 8.76 Å². The lowest BCUT2D eigenvalue weighted by Crippen LogP contribution is -2.26. The molecule has 0 fully saturated rings. The minimum Gasteiger partial charge on any atom is -0.760 e. The van der Waals surface area contributed by atoms with Crippen LogP contribution in [0.2, 0.25) is 0 Å². The van der Waals surface area contributed by atoms with E-state index in [1.807, 2.05) is 12.2 Å². The maximum absolute atomic E-state index is 10.4. The lowest BCUT2D eigenvalue weighted by molar-refractivity contribution is 0.401. The molecule has 0 saturated heterocycles. The molecule has 0 aromatic carbocycles. The van der Waals surface area contributed by atoms with E-state index in [1.54, 1.807) is 0 Å². The summed E-state index contributed by atoms with van der Waals surface area (Å²) in [6, 6.07) is 0. The van der Waals surface area contributed by atoms with Crippen molar-refractivity contribution in [3.8, 4) is 0 Å². The first kappa shape index (κ1) is 7.91. The molecule has 10 heavy (non-hydrogen) atoms. The molecule has 4 heteroatoms. The molecule has 0 spiro atoms. The van der Waals surface area contributed by atoms with E-state index in [0.29, 0.717) is 13.1 Å². The summed E-state index contributed by atoms with van der Waals surface area (Å²) in [6.07, 6.45) is 5.72. The summed E-state index contributed by atoms with van der Waals surface area (Å²) >= 11 is -2.02. The van der Waals surface area contributed by atoms with Crippen LogP contribution in [0, 0.1) is 0 Å². The van der Waals surface area contributed by atoms with Gasteiger partial charge in [0.1, 0.15) is 0 Å². The number of rotatable bonds is 1. The van der Waals surface area contributed by atoms with E-state index in [-0.39, 0.29) is 0 Å². The molecule has 0 aliphatic carbocycles. The summed E-state index contributed by atoms with van der Waals surface area (Å²) in [7, 11) is 0. The van der Waals surface area contributed by atoms with Crippen LogP contribution in [0.3, 0.4) is 0 Å². The second-order valence-electron chi connectivity index (χ2n) is 2.19. The molecule has 1 rings (SSSR count). The quantitative estimate of drug-likeness (QED) is 0.412. The second kappa shape index (κ2) is 3.85. The first-order valence-electron chi connectivity index (χ1n) is 3.30. The fourth-order valence-electron chi connectivity index (χ4n) is 0.934. The molecule has 0 amide bonds. The van der Waals surface area contributed by atoms with Gasteiger partial charge in [0.2, 0.25) is 0 Å². The monoisotopic (exact) mass is 160 g/mol. The maximum Gasteiger partial charge on any atom is 0.0209 e. The van der Waals surface area contributed by atoms with Crippen LogP contribution in [0.1, 0.15) is 12.8 Å². The Hall–Kier alpha value is -0.190. The molecule has 3 nitrogen and oxygen atoms in total. The molecule has 0 aromatic rings. The third-order valence-corrected chi connectivity index (χ3v) is 2.25. The Morgan fingerprint density at radius 3 is 2.20 bits per heavy atom. The lowest BCUT2D eigenvalue weighted by atomic mass is 10.4. The molecular formula is C6H10NO2S-. The molecule has 1 atom stereocenters. The molecule has 0 saturated carbocycles. The van der Waals surface area contributed by atoms with Gasteiger partial charge >= 0.3 is 0 Å². The van der Waals surface area contributed by atoms with Crippen molar-refractivity contribution in [2.75, 3.05) is 13.1 Å². The Morgan fingerprint density at radius 2 is 1.80 bits per heavy atom. The highest BCUT2D eigenvalue weighted by Gasteiger charge is 2.04. The molecule has 0 N–H and O–H groups in total. The van der Waals surface area contributed by atoms with Gasteiger partial charge in [0, 0.05) is 24.4 Å². The summed E-state index contributed by atoms with van der Waals surface area (Å²) < 4.78 is 22.3. The molecule has 58 valence electrons. The van der Waals surface area contributed by atoms with Crippen molar-refractivity contribution in [1.82, 2.24) is 4.31 Å². The van der Waals surface area contributed by atoms with Crippen molar-refractivity contribution in [3.63, 3.8) is 0 Å². The highest BCUT2D eigenvalue weighted by molar-refractivity contribution is 7.76. The van der Waals surface area contributed by atoms with Gasteiger partial charge in [-0.3, -0.25) is 4.21 Å². The summed E-state index contributed by atoms with van der Waals surface area (Å²) in [4.78, 5) is 0. The van der Waals surface area contributed by atoms with Crippen LogP contribution in [-0.2, 0) is 11.3 Å². The number of nitrogens with zero attached hydrogens (tertiary/aromatic N) is 1. The summed E-state index contributed by atoms with van der Waals surface area (Å²) in [6.45, 7) is 1.26. The predicted octanol–water partition coefficient (Wildman–Crippen LogP) is 0.433. The molecule has 1 aliphatic heterocycles. The third kappa shape index (κ3) is 2.21. The fraction of sp³-hybridized carbons (Fsp3) is 0.667. The molecule has 0 bridgehead atoms. The smallest absolute Gasteiger partial charge is 0.0209 e. The molecular weight excluding hydrogens is 150 g/mol. The topological polar surface area (TPSA) is 43.4 Å². The van der Waals surface area contributed by atoms with Crippen LogP contribution < -0.4 is 0 Å². The van der Waals surface area contributed by atoms with E-state index in [0.717, 1.165) is 12.8 Å². The van der Waals surface area contributed by atoms with Crippen molar-refractivity contribution in [2.45, 2.75) is 12.8 Å². The van der Waals surface area contributed by atoms with Crippen molar-refractivity contribution in [3.05, 3.63) is 12.2 Å². The fourth-order valence-corrected chi connectivity index (χ4v) is 1.44. The Bertz CT molecular complexity index is 148. The predicted molar refractivity (Wildman–Crippen MR) is 38.9 cm³/mol. The zero-order chi connectivity index (χ0) is 7.40. The minimum absolute atomic E-state index is 0.632. The minimum atomic E-state index is -2.02. The SMILES string of the molecule is O=S([O-])N1CCC=CCC1. The largest absolute Gasteiger partial charge is 0.760 e. The highest BCUT2D eigenvalue weighted by atomic mass is 32.2. The van der Waals surface area contributed by atoms with Crippen molar-refractivity contribution in [1.29, 1.82) is 0 Å². The first-order chi connectivity index (χ1) is 4.80. The average molecular weight is 160 g/mol. The molecule has 1 aliphatic rings. The van der Waals surface area contributed by atoms with Gasteiger partial charge in [-0.25, -0.2) is 4.31 Å². The average Bonchev–Trinajstić information content (AvgIpc) is 2.12. The third-order valence-electron chi connectivity index (χ3n) is 1.47. The summed E-state index contributed by atoms with van der Waals surface area (Å²) in [5.41, 5.74) is 0. The van der Waals surface area contributed by atoms with E-state index in [2.05, 4.69) is 0 Å².